The van der Waals surface area contributed by atoms with Gasteiger partial charge in [-0.3, -0.25) is 9.69 Å². The maximum absolute atomic E-state index is 12.8. The largest absolute Gasteiger partial charge is 0.353 e. The van der Waals surface area contributed by atoms with Crippen LogP contribution in [0.1, 0.15) is 27.7 Å². The Morgan fingerprint density at radius 1 is 1.00 bits per heavy atom. The second kappa shape index (κ2) is 3.71. The Morgan fingerprint density at radius 3 is 2.76 bits per heavy atom. The molecule has 0 fully saturated rings. The van der Waals surface area contributed by atoms with Crippen LogP contribution in [0.2, 0.25) is 0 Å². The Bertz CT molecular complexity index is 935. The summed E-state index contributed by atoms with van der Waals surface area (Å²) in [6.07, 6.45) is 4.24. The number of ketones is 1. The van der Waals surface area contributed by atoms with Crippen molar-refractivity contribution in [3.63, 3.8) is 0 Å². The van der Waals surface area contributed by atoms with E-state index in [9.17, 15) is 4.79 Å². The average molecular weight is 273 g/mol. The number of hydrogen-bond donors (Lipinski definition) is 2. The van der Waals surface area contributed by atoms with Crippen molar-refractivity contribution >= 4 is 28.4 Å². The van der Waals surface area contributed by atoms with Crippen molar-refractivity contribution in [3.05, 3.63) is 71.6 Å². The van der Waals surface area contributed by atoms with Crippen LogP contribution in [-0.4, -0.2) is 10.8 Å². The SMILES string of the molecule is O=C1c2ccccc2[NH+]2C=Cc3c([nH]c4ccccc34)C12. The van der Waals surface area contributed by atoms with E-state index in [4.69, 9.17) is 0 Å². The third-order valence-electron chi connectivity index (χ3n) is 4.57. The molecule has 0 amide bonds. The summed E-state index contributed by atoms with van der Waals surface area (Å²) in [5, 5.41) is 1.19. The van der Waals surface area contributed by atoms with Gasteiger partial charge in [-0.15, -0.1) is 0 Å². The van der Waals surface area contributed by atoms with Crippen molar-refractivity contribution in [1.82, 2.24) is 4.98 Å². The van der Waals surface area contributed by atoms with Crippen molar-refractivity contribution in [2.24, 2.45) is 0 Å². The normalized spacial score (nSPS) is 22.2. The fraction of sp³-hybridized carbons (Fsp3) is 0.0556. The van der Waals surface area contributed by atoms with E-state index in [-0.39, 0.29) is 11.8 Å². The zero-order chi connectivity index (χ0) is 14.0. The van der Waals surface area contributed by atoms with Gasteiger partial charge in [-0.25, -0.2) is 0 Å². The van der Waals surface area contributed by atoms with E-state index in [1.165, 1.54) is 5.39 Å². The fourth-order valence-corrected chi connectivity index (χ4v) is 3.64. The van der Waals surface area contributed by atoms with Gasteiger partial charge in [-0.05, 0) is 12.1 Å². The van der Waals surface area contributed by atoms with Gasteiger partial charge >= 0.3 is 0 Å². The van der Waals surface area contributed by atoms with Gasteiger partial charge in [0.2, 0.25) is 11.8 Å². The highest BCUT2D eigenvalue weighted by Crippen LogP contribution is 2.35. The van der Waals surface area contributed by atoms with Gasteiger partial charge in [0.05, 0.1) is 11.3 Å². The molecule has 3 heterocycles. The van der Waals surface area contributed by atoms with Gasteiger partial charge in [0.25, 0.3) is 0 Å². The lowest BCUT2D eigenvalue weighted by Crippen LogP contribution is -3.02. The van der Waals surface area contributed by atoms with E-state index in [1.807, 2.05) is 36.4 Å². The number of carbonyl (C=O) groups is 1. The summed E-state index contributed by atoms with van der Waals surface area (Å²) in [7, 11) is 0. The Hall–Kier alpha value is -2.65. The summed E-state index contributed by atoms with van der Waals surface area (Å²) in [6.45, 7) is 0. The molecule has 0 saturated carbocycles. The minimum atomic E-state index is -0.171. The number of Topliss-reactive ketones (excluding diaryl/α,β-unsaturated/α-hetero) is 1. The van der Waals surface area contributed by atoms with Crippen LogP contribution in [0, 0.1) is 0 Å². The second-order valence-electron chi connectivity index (χ2n) is 5.63. The van der Waals surface area contributed by atoms with Crippen LogP contribution in [0.3, 0.4) is 0 Å². The monoisotopic (exact) mass is 273 g/mol. The molecule has 3 nitrogen and oxygen atoms in total. The van der Waals surface area contributed by atoms with Gasteiger partial charge < -0.3 is 4.98 Å². The lowest BCUT2D eigenvalue weighted by Gasteiger charge is -2.20. The van der Waals surface area contributed by atoms with Crippen LogP contribution in [0.25, 0.3) is 17.0 Å². The second-order valence-corrected chi connectivity index (χ2v) is 5.63. The number of carbonyl (C=O) groups excluding carboxylic acids is 1. The first-order chi connectivity index (χ1) is 10.3. The van der Waals surface area contributed by atoms with Crippen LogP contribution in [-0.2, 0) is 0 Å². The number of benzene rings is 2. The molecule has 2 unspecified atom stereocenters. The summed E-state index contributed by atoms with van der Waals surface area (Å²) >= 11 is 0. The van der Waals surface area contributed by atoms with E-state index >= 15 is 0 Å². The summed E-state index contributed by atoms with van der Waals surface area (Å²) in [5.74, 6) is 0.206. The van der Waals surface area contributed by atoms with Crippen LogP contribution in [0.15, 0.2) is 54.7 Å². The average Bonchev–Trinajstić information content (AvgIpc) is 3.04. The van der Waals surface area contributed by atoms with E-state index in [0.29, 0.717) is 0 Å². The molecule has 0 aliphatic carbocycles. The van der Waals surface area contributed by atoms with Crippen molar-refractivity contribution in [2.45, 2.75) is 6.04 Å². The highest BCUT2D eigenvalue weighted by atomic mass is 16.1. The van der Waals surface area contributed by atoms with E-state index in [1.54, 1.807) is 0 Å². The first-order valence-corrected chi connectivity index (χ1v) is 7.14. The number of fused-ring (bicyclic) bond motifs is 7. The van der Waals surface area contributed by atoms with Gasteiger partial charge in [0, 0.05) is 28.6 Å². The van der Waals surface area contributed by atoms with Crippen LogP contribution in [0.4, 0.5) is 5.69 Å². The number of quaternary nitrogens is 1. The molecule has 0 bridgehead atoms. The molecule has 2 atom stereocenters. The minimum absolute atomic E-state index is 0.171. The zero-order valence-electron chi connectivity index (χ0n) is 11.3. The molecule has 21 heavy (non-hydrogen) atoms. The topological polar surface area (TPSA) is 37.3 Å². The van der Waals surface area contributed by atoms with E-state index < -0.39 is 0 Å². The molecule has 0 radical (unpaired) electrons. The highest BCUT2D eigenvalue weighted by molar-refractivity contribution is 6.07. The minimum Gasteiger partial charge on any atom is -0.353 e. The molecule has 2 aliphatic rings. The maximum atomic E-state index is 12.8. The molecule has 2 aromatic carbocycles. The molecule has 5 rings (SSSR count). The Kier molecular flexibility index (Phi) is 1.95. The zero-order valence-corrected chi connectivity index (χ0v) is 11.3. The Morgan fingerprint density at radius 2 is 1.81 bits per heavy atom. The predicted molar refractivity (Wildman–Crippen MR) is 81.5 cm³/mol. The molecular weight excluding hydrogens is 260 g/mol. The van der Waals surface area contributed by atoms with Crippen molar-refractivity contribution in [3.8, 4) is 0 Å². The first kappa shape index (κ1) is 11.1. The lowest BCUT2D eigenvalue weighted by atomic mass is 9.99. The van der Waals surface area contributed by atoms with Gasteiger partial charge in [-0.2, -0.15) is 0 Å². The third kappa shape index (κ3) is 1.29. The number of para-hydroxylation sites is 2. The number of rotatable bonds is 0. The summed E-state index contributed by atoms with van der Waals surface area (Å²) in [4.78, 5) is 17.4. The lowest BCUT2D eigenvalue weighted by molar-refractivity contribution is -0.795. The quantitative estimate of drug-likeness (QED) is 0.649. The summed E-state index contributed by atoms with van der Waals surface area (Å²) < 4.78 is 0. The molecule has 3 heteroatoms. The van der Waals surface area contributed by atoms with E-state index in [0.717, 1.165) is 32.9 Å². The molecule has 2 aliphatic heterocycles. The van der Waals surface area contributed by atoms with Crippen LogP contribution < -0.4 is 4.90 Å². The molecule has 0 spiro atoms. The van der Waals surface area contributed by atoms with Gasteiger partial charge in [0.15, 0.2) is 0 Å². The third-order valence-corrected chi connectivity index (χ3v) is 4.57. The smallest absolute Gasteiger partial charge is 0.233 e. The summed E-state index contributed by atoms with van der Waals surface area (Å²) in [5.41, 5.74) is 5.20. The standard InChI is InChI=1S/C18H12N2O/c21-18-13-6-2-4-8-15(13)20-10-9-12-11-5-1-3-7-14(11)19-16(12)17(18)20/h1-10,17,19H/p+1. The van der Waals surface area contributed by atoms with Crippen molar-refractivity contribution in [1.29, 1.82) is 0 Å². The van der Waals surface area contributed by atoms with Crippen molar-refractivity contribution in [2.75, 3.05) is 0 Å². The Balaban J connectivity index is 1.80. The predicted octanol–water partition coefficient (Wildman–Crippen LogP) is 2.61. The highest BCUT2D eigenvalue weighted by Gasteiger charge is 2.46. The van der Waals surface area contributed by atoms with Crippen LogP contribution >= 0.6 is 0 Å². The molecular formula is C18H13N2O+. The molecule has 100 valence electrons. The number of hydrogen-bond acceptors (Lipinski definition) is 1. The molecule has 2 N–H and O–H groups in total. The van der Waals surface area contributed by atoms with Gasteiger partial charge in [-0.1, -0.05) is 30.3 Å². The number of nitrogens with one attached hydrogen (secondary N) is 2. The summed E-state index contributed by atoms with van der Waals surface area (Å²) in [6, 6.07) is 16.0. The van der Waals surface area contributed by atoms with Crippen molar-refractivity contribution < 1.29 is 9.69 Å². The number of aromatic amines is 1. The Labute approximate surface area is 121 Å². The van der Waals surface area contributed by atoms with E-state index in [2.05, 4.69) is 29.4 Å². The maximum Gasteiger partial charge on any atom is 0.233 e. The number of H-pyrrole nitrogens is 1. The molecule has 0 saturated heterocycles. The molecule has 3 aromatic rings. The number of aromatic nitrogens is 1. The van der Waals surface area contributed by atoms with Crippen LogP contribution in [0.5, 0.6) is 0 Å². The van der Waals surface area contributed by atoms with Gasteiger partial charge in [0.1, 0.15) is 11.9 Å². The fourth-order valence-electron chi connectivity index (χ4n) is 3.64. The molecule has 1 aromatic heterocycles. The first-order valence-electron chi connectivity index (χ1n) is 7.14.